The first-order valence-electron chi connectivity index (χ1n) is 11.4. The average molecular weight is 385 g/mol. The zero-order valence-corrected chi connectivity index (χ0v) is 17.0. The first-order chi connectivity index (χ1) is 13.3. The Balaban J connectivity index is 1.29. The fraction of sp³-hybridized carbons (Fsp3) is 0.833. The quantitative estimate of drug-likeness (QED) is 0.534. The van der Waals surface area contributed by atoms with E-state index in [2.05, 4.69) is 6.58 Å². The smallest absolute Gasteiger partial charge is 0.333 e. The molecule has 8 aliphatic rings. The molecule has 0 aromatic carbocycles. The SMILES string of the molecule is C=C(C)C(=O)OC12CC3CC(C1)CC(OC14CC5CC(C1)C(=O)C(C5)C4)(C3)C2. The third-order valence-corrected chi connectivity index (χ3v) is 8.98. The third kappa shape index (κ3) is 2.52. The van der Waals surface area contributed by atoms with Crippen molar-refractivity contribution in [2.75, 3.05) is 0 Å². The normalized spacial score (nSPS) is 52.9. The van der Waals surface area contributed by atoms with Gasteiger partial charge in [-0.25, -0.2) is 4.79 Å². The molecule has 8 saturated carbocycles. The second-order valence-corrected chi connectivity index (χ2v) is 11.5. The molecule has 0 radical (unpaired) electrons. The van der Waals surface area contributed by atoms with Crippen molar-refractivity contribution in [1.29, 1.82) is 0 Å². The molecule has 4 nitrogen and oxygen atoms in total. The van der Waals surface area contributed by atoms with Crippen LogP contribution in [0.25, 0.3) is 0 Å². The van der Waals surface area contributed by atoms with Gasteiger partial charge >= 0.3 is 5.97 Å². The number of hydrogen-bond donors (Lipinski definition) is 0. The van der Waals surface area contributed by atoms with Gasteiger partial charge < -0.3 is 9.47 Å². The predicted molar refractivity (Wildman–Crippen MR) is 103 cm³/mol. The van der Waals surface area contributed by atoms with Gasteiger partial charge in [0.15, 0.2) is 0 Å². The Bertz CT molecular complexity index is 735. The minimum absolute atomic E-state index is 0.0877. The maximum Gasteiger partial charge on any atom is 0.333 e. The molecule has 0 aromatic heterocycles. The number of esters is 1. The largest absolute Gasteiger partial charge is 0.456 e. The molecule has 152 valence electrons. The molecule has 0 heterocycles. The molecule has 0 amide bonds. The fourth-order valence-electron chi connectivity index (χ4n) is 8.88. The van der Waals surface area contributed by atoms with E-state index in [4.69, 9.17) is 9.47 Å². The molecule has 8 rings (SSSR count). The van der Waals surface area contributed by atoms with Gasteiger partial charge in [0.2, 0.25) is 0 Å². The van der Waals surface area contributed by atoms with E-state index in [1.165, 1.54) is 6.42 Å². The standard InChI is InChI=1S/C24H32O4/c1-14(2)21(26)27-23-7-16-3-17(8-23)10-24(9-16,13-23)28-22-6-15-4-18(11-22)20(25)19(5-15)12-22/h15-19H,1,3-13H2,2H3. The lowest BCUT2D eigenvalue weighted by Crippen LogP contribution is -2.66. The second kappa shape index (κ2) is 5.50. The molecule has 8 aliphatic carbocycles. The van der Waals surface area contributed by atoms with E-state index in [9.17, 15) is 9.59 Å². The minimum Gasteiger partial charge on any atom is -0.456 e. The van der Waals surface area contributed by atoms with Crippen molar-refractivity contribution in [3.8, 4) is 0 Å². The van der Waals surface area contributed by atoms with Crippen molar-refractivity contribution in [2.24, 2.45) is 29.6 Å². The molecule has 28 heavy (non-hydrogen) atoms. The van der Waals surface area contributed by atoms with Crippen LogP contribution in [-0.2, 0) is 19.1 Å². The highest BCUT2D eigenvalue weighted by molar-refractivity contribution is 5.87. The van der Waals surface area contributed by atoms with E-state index in [1.807, 2.05) is 0 Å². The Labute approximate surface area is 167 Å². The Kier molecular flexibility index (Phi) is 3.47. The number of carbonyl (C=O) groups is 2. The molecule has 4 atom stereocenters. The van der Waals surface area contributed by atoms with Crippen LogP contribution in [-0.4, -0.2) is 28.6 Å². The molecule has 4 unspecified atom stereocenters. The van der Waals surface area contributed by atoms with Gasteiger partial charge in [-0.3, -0.25) is 4.79 Å². The summed E-state index contributed by atoms with van der Waals surface area (Å²) < 4.78 is 13.3. The van der Waals surface area contributed by atoms with Crippen molar-refractivity contribution in [3.63, 3.8) is 0 Å². The monoisotopic (exact) mass is 384 g/mol. The summed E-state index contributed by atoms with van der Waals surface area (Å²) in [7, 11) is 0. The molecular formula is C24H32O4. The number of rotatable bonds is 4. The lowest BCUT2D eigenvalue weighted by molar-refractivity contribution is -0.286. The van der Waals surface area contributed by atoms with Crippen LogP contribution in [0.5, 0.6) is 0 Å². The van der Waals surface area contributed by atoms with Crippen LogP contribution in [0.3, 0.4) is 0 Å². The van der Waals surface area contributed by atoms with Gasteiger partial charge in [-0.15, -0.1) is 0 Å². The third-order valence-electron chi connectivity index (χ3n) is 8.98. The van der Waals surface area contributed by atoms with Crippen molar-refractivity contribution in [1.82, 2.24) is 0 Å². The molecule has 0 aromatic rings. The maximum atomic E-state index is 12.6. The van der Waals surface area contributed by atoms with Crippen LogP contribution in [0.2, 0.25) is 0 Å². The van der Waals surface area contributed by atoms with E-state index >= 15 is 0 Å². The van der Waals surface area contributed by atoms with E-state index in [0.29, 0.717) is 29.1 Å². The van der Waals surface area contributed by atoms with E-state index in [0.717, 1.165) is 64.2 Å². The fourth-order valence-corrected chi connectivity index (χ4v) is 8.88. The highest BCUT2D eigenvalue weighted by Crippen LogP contribution is 2.64. The summed E-state index contributed by atoms with van der Waals surface area (Å²) in [6.45, 7) is 5.52. The average Bonchev–Trinajstić information content (AvgIpc) is 2.56. The van der Waals surface area contributed by atoms with E-state index < -0.39 is 0 Å². The first kappa shape index (κ1) is 17.7. The van der Waals surface area contributed by atoms with Gasteiger partial charge in [0.25, 0.3) is 0 Å². The van der Waals surface area contributed by atoms with Crippen molar-refractivity contribution >= 4 is 11.8 Å². The van der Waals surface area contributed by atoms with Crippen LogP contribution >= 0.6 is 0 Å². The van der Waals surface area contributed by atoms with Crippen LogP contribution in [0.1, 0.15) is 77.6 Å². The summed E-state index contributed by atoms with van der Waals surface area (Å²) in [4.78, 5) is 25.0. The molecule has 0 aliphatic heterocycles. The van der Waals surface area contributed by atoms with Crippen molar-refractivity contribution in [3.05, 3.63) is 12.2 Å². The van der Waals surface area contributed by atoms with Gasteiger partial charge in [-0.1, -0.05) is 6.58 Å². The van der Waals surface area contributed by atoms with Gasteiger partial charge in [0.1, 0.15) is 11.4 Å². The van der Waals surface area contributed by atoms with Gasteiger partial charge in [-0.05, 0) is 88.9 Å². The Morgan fingerprint density at radius 3 is 2.04 bits per heavy atom. The molecule has 8 fully saturated rings. The predicted octanol–water partition coefficient (Wildman–Crippen LogP) is 4.36. The summed E-state index contributed by atoms with van der Waals surface area (Å²) in [6, 6.07) is 0. The summed E-state index contributed by atoms with van der Waals surface area (Å²) in [5.41, 5.74) is -0.0903. The number of ether oxygens (including phenoxy) is 2. The lowest BCUT2D eigenvalue weighted by Gasteiger charge is -2.64. The molecule has 8 bridgehead atoms. The summed E-state index contributed by atoms with van der Waals surface area (Å²) in [5.74, 6) is 2.67. The second-order valence-electron chi connectivity index (χ2n) is 11.5. The molecule has 4 heteroatoms. The van der Waals surface area contributed by atoms with Crippen LogP contribution in [0.4, 0.5) is 0 Å². The molecular weight excluding hydrogens is 352 g/mol. The molecule has 0 saturated heterocycles. The maximum absolute atomic E-state index is 12.6. The Morgan fingerprint density at radius 1 is 0.857 bits per heavy atom. The number of ketones is 1. The van der Waals surface area contributed by atoms with E-state index in [1.54, 1.807) is 6.92 Å². The number of hydrogen-bond acceptors (Lipinski definition) is 4. The minimum atomic E-state index is -0.349. The number of Topliss-reactive ketones (excluding diaryl/α,β-unsaturated/α-hetero) is 1. The van der Waals surface area contributed by atoms with Crippen LogP contribution in [0, 0.1) is 29.6 Å². The summed E-state index contributed by atoms with van der Waals surface area (Å²) in [6.07, 6.45) is 11.5. The first-order valence-corrected chi connectivity index (χ1v) is 11.4. The van der Waals surface area contributed by atoms with E-state index in [-0.39, 0.29) is 34.6 Å². The zero-order chi connectivity index (χ0) is 19.3. The Hall–Kier alpha value is -1.16. The van der Waals surface area contributed by atoms with Gasteiger partial charge in [0, 0.05) is 23.8 Å². The molecule has 0 spiro atoms. The summed E-state index contributed by atoms with van der Waals surface area (Å²) >= 11 is 0. The Morgan fingerprint density at radius 2 is 1.43 bits per heavy atom. The topological polar surface area (TPSA) is 52.6 Å². The van der Waals surface area contributed by atoms with Crippen LogP contribution < -0.4 is 0 Å². The highest BCUT2D eigenvalue weighted by atomic mass is 16.6. The highest BCUT2D eigenvalue weighted by Gasteiger charge is 2.64. The van der Waals surface area contributed by atoms with Gasteiger partial charge in [0.05, 0.1) is 11.2 Å². The summed E-state index contributed by atoms with van der Waals surface area (Å²) in [5, 5.41) is 0. The van der Waals surface area contributed by atoms with Gasteiger partial charge in [-0.2, -0.15) is 0 Å². The van der Waals surface area contributed by atoms with Crippen molar-refractivity contribution in [2.45, 2.75) is 94.4 Å². The van der Waals surface area contributed by atoms with Crippen molar-refractivity contribution < 1.29 is 19.1 Å². The lowest BCUT2D eigenvalue weighted by atomic mass is 9.50. The van der Waals surface area contributed by atoms with Crippen LogP contribution in [0.15, 0.2) is 12.2 Å². The number of carbonyl (C=O) groups excluding carboxylic acids is 2. The molecule has 0 N–H and O–H groups in total. The zero-order valence-electron chi connectivity index (χ0n) is 17.0.